The lowest BCUT2D eigenvalue weighted by Gasteiger charge is -2.28. The SMILES string of the molecule is Cc1nnc(N2CC(C(=O)NCc3ccc(N4CCOCC4)cc3)CC2=O)s1. The Kier molecular flexibility index (Phi) is 5.54. The molecule has 1 atom stereocenters. The van der Waals surface area contributed by atoms with Crippen LogP contribution in [0, 0.1) is 12.8 Å². The zero-order valence-electron chi connectivity index (χ0n) is 15.8. The first-order valence-electron chi connectivity index (χ1n) is 9.40. The fourth-order valence-electron chi connectivity index (χ4n) is 3.44. The minimum Gasteiger partial charge on any atom is -0.378 e. The van der Waals surface area contributed by atoms with Crippen LogP contribution in [0.5, 0.6) is 0 Å². The van der Waals surface area contributed by atoms with E-state index < -0.39 is 0 Å². The second-order valence-electron chi connectivity index (χ2n) is 6.99. The van der Waals surface area contributed by atoms with Gasteiger partial charge in [0, 0.05) is 38.3 Å². The quantitative estimate of drug-likeness (QED) is 0.814. The monoisotopic (exact) mass is 401 g/mol. The van der Waals surface area contributed by atoms with E-state index in [0.717, 1.165) is 36.9 Å². The number of anilines is 2. The van der Waals surface area contributed by atoms with Gasteiger partial charge < -0.3 is 15.0 Å². The number of amides is 2. The van der Waals surface area contributed by atoms with Crippen molar-refractivity contribution in [1.82, 2.24) is 15.5 Å². The van der Waals surface area contributed by atoms with Gasteiger partial charge in [0.1, 0.15) is 5.01 Å². The van der Waals surface area contributed by atoms with Gasteiger partial charge in [-0.2, -0.15) is 0 Å². The number of nitrogens with zero attached hydrogens (tertiary/aromatic N) is 4. The molecule has 0 radical (unpaired) electrons. The first-order chi connectivity index (χ1) is 13.6. The van der Waals surface area contributed by atoms with E-state index in [4.69, 9.17) is 4.74 Å². The molecule has 0 bridgehead atoms. The maximum atomic E-state index is 12.5. The summed E-state index contributed by atoms with van der Waals surface area (Å²) in [6.45, 7) is 5.96. The van der Waals surface area contributed by atoms with Gasteiger partial charge in [-0.3, -0.25) is 14.5 Å². The summed E-state index contributed by atoms with van der Waals surface area (Å²) < 4.78 is 5.38. The first kappa shape index (κ1) is 18.8. The summed E-state index contributed by atoms with van der Waals surface area (Å²) in [6.07, 6.45) is 0.209. The molecule has 1 aromatic heterocycles. The second-order valence-corrected chi connectivity index (χ2v) is 8.15. The van der Waals surface area contributed by atoms with Gasteiger partial charge in [-0.15, -0.1) is 10.2 Å². The van der Waals surface area contributed by atoms with Crippen LogP contribution in [0.4, 0.5) is 10.8 Å². The molecular weight excluding hydrogens is 378 g/mol. The fourth-order valence-corrected chi connectivity index (χ4v) is 4.16. The van der Waals surface area contributed by atoms with Gasteiger partial charge in [0.05, 0.1) is 19.1 Å². The first-order valence-corrected chi connectivity index (χ1v) is 10.2. The zero-order valence-corrected chi connectivity index (χ0v) is 16.6. The number of aryl methyl sites for hydroxylation is 1. The normalized spacial score (nSPS) is 19.9. The Bertz CT molecular complexity index is 848. The molecule has 9 heteroatoms. The van der Waals surface area contributed by atoms with Crippen molar-refractivity contribution in [3.8, 4) is 0 Å². The van der Waals surface area contributed by atoms with Gasteiger partial charge in [0.15, 0.2) is 0 Å². The number of benzene rings is 1. The Morgan fingerprint density at radius 2 is 2.00 bits per heavy atom. The Morgan fingerprint density at radius 3 is 2.68 bits per heavy atom. The minimum atomic E-state index is -0.357. The van der Waals surface area contributed by atoms with E-state index in [1.807, 2.05) is 19.1 Å². The third-order valence-electron chi connectivity index (χ3n) is 5.02. The molecule has 3 heterocycles. The highest BCUT2D eigenvalue weighted by Crippen LogP contribution is 2.27. The van der Waals surface area contributed by atoms with Crippen molar-refractivity contribution in [3.63, 3.8) is 0 Å². The summed E-state index contributed by atoms with van der Waals surface area (Å²) in [4.78, 5) is 28.6. The summed E-state index contributed by atoms with van der Waals surface area (Å²) in [5.74, 6) is -0.537. The number of rotatable bonds is 5. The van der Waals surface area contributed by atoms with Crippen LogP contribution in [0.25, 0.3) is 0 Å². The molecule has 8 nitrogen and oxygen atoms in total. The molecule has 2 amide bonds. The lowest BCUT2D eigenvalue weighted by Crippen LogP contribution is -2.36. The van der Waals surface area contributed by atoms with Gasteiger partial charge in [-0.1, -0.05) is 23.5 Å². The third-order valence-corrected chi connectivity index (χ3v) is 5.88. The van der Waals surface area contributed by atoms with E-state index >= 15 is 0 Å². The number of carbonyl (C=O) groups is 2. The Hall–Kier alpha value is -2.52. The molecule has 1 N–H and O–H groups in total. The van der Waals surface area contributed by atoms with Gasteiger partial charge in [0.25, 0.3) is 0 Å². The number of nitrogens with one attached hydrogen (secondary N) is 1. The van der Waals surface area contributed by atoms with E-state index in [0.29, 0.717) is 18.2 Å². The fraction of sp³-hybridized carbons (Fsp3) is 0.474. The van der Waals surface area contributed by atoms with Gasteiger partial charge in [-0.05, 0) is 24.6 Å². The van der Waals surface area contributed by atoms with Crippen molar-refractivity contribution < 1.29 is 14.3 Å². The van der Waals surface area contributed by atoms with Crippen molar-refractivity contribution >= 4 is 34.0 Å². The van der Waals surface area contributed by atoms with Crippen molar-refractivity contribution in [2.45, 2.75) is 19.9 Å². The summed E-state index contributed by atoms with van der Waals surface area (Å²) >= 11 is 1.37. The predicted molar refractivity (Wildman–Crippen MR) is 106 cm³/mol. The lowest BCUT2D eigenvalue weighted by molar-refractivity contribution is -0.126. The molecule has 0 aliphatic carbocycles. The molecule has 2 aliphatic heterocycles. The number of morpholine rings is 1. The van der Waals surface area contributed by atoms with E-state index in [1.54, 1.807) is 4.90 Å². The number of ether oxygens (including phenoxy) is 1. The third kappa shape index (κ3) is 4.15. The van der Waals surface area contributed by atoms with Crippen LogP contribution in [0.15, 0.2) is 24.3 Å². The highest BCUT2D eigenvalue weighted by molar-refractivity contribution is 7.15. The zero-order chi connectivity index (χ0) is 19.5. The highest BCUT2D eigenvalue weighted by Gasteiger charge is 2.36. The summed E-state index contributed by atoms with van der Waals surface area (Å²) in [5, 5.41) is 12.3. The van der Waals surface area contributed by atoms with E-state index in [2.05, 4.69) is 32.5 Å². The molecule has 2 aromatic rings. The van der Waals surface area contributed by atoms with Crippen molar-refractivity contribution in [2.75, 3.05) is 42.6 Å². The predicted octanol–water partition coefficient (Wildman–Crippen LogP) is 1.35. The average molecular weight is 401 g/mol. The van der Waals surface area contributed by atoms with Crippen molar-refractivity contribution in [3.05, 3.63) is 34.8 Å². The lowest BCUT2D eigenvalue weighted by atomic mass is 10.1. The number of carbonyl (C=O) groups excluding carboxylic acids is 2. The Labute approximate surface area is 167 Å². The number of hydrogen-bond acceptors (Lipinski definition) is 7. The van der Waals surface area contributed by atoms with Crippen LogP contribution in [-0.2, 0) is 20.9 Å². The average Bonchev–Trinajstić information content (AvgIpc) is 3.32. The van der Waals surface area contributed by atoms with Gasteiger partial charge >= 0.3 is 0 Å². The largest absolute Gasteiger partial charge is 0.378 e. The molecule has 4 rings (SSSR count). The number of aromatic nitrogens is 2. The van der Waals surface area contributed by atoms with E-state index in [1.165, 1.54) is 17.0 Å². The van der Waals surface area contributed by atoms with Gasteiger partial charge in [-0.25, -0.2) is 0 Å². The summed E-state index contributed by atoms with van der Waals surface area (Å²) in [5.41, 5.74) is 2.20. The molecular formula is C19H23N5O3S. The van der Waals surface area contributed by atoms with Gasteiger partial charge in [0.2, 0.25) is 16.9 Å². The van der Waals surface area contributed by atoms with Crippen LogP contribution in [0.3, 0.4) is 0 Å². The molecule has 2 fully saturated rings. The molecule has 1 aromatic carbocycles. The van der Waals surface area contributed by atoms with Crippen molar-refractivity contribution in [1.29, 1.82) is 0 Å². The Balaban J connectivity index is 1.30. The smallest absolute Gasteiger partial charge is 0.229 e. The van der Waals surface area contributed by atoms with E-state index in [9.17, 15) is 9.59 Å². The summed E-state index contributed by atoms with van der Waals surface area (Å²) in [7, 11) is 0. The second kappa shape index (κ2) is 8.24. The molecule has 0 spiro atoms. The Morgan fingerprint density at radius 1 is 1.25 bits per heavy atom. The molecule has 1 unspecified atom stereocenters. The van der Waals surface area contributed by atoms with Crippen LogP contribution in [0.2, 0.25) is 0 Å². The van der Waals surface area contributed by atoms with Crippen LogP contribution in [0.1, 0.15) is 17.0 Å². The highest BCUT2D eigenvalue weighted by atomic mass is 32.1. The topological polar surface area (TPSA) is 87.7 Å². The van der Waals surface area contributed by atoms with Crippen LogP contribution < -0.4 is 15.1 Å². The minimum absolute atomic E-state index is 0.0776. The summed E-state index contributed by atoms with van der Waals surface area (Å²) in [6, 6.07) is 8.21. The maximum absolute atomic E-state index is 12.5. The standard InChI is InChI=1S/C19H23N5O3S/c1-13-21-22-19(28-13)24-12-15(10-17(24)25)18(26)20-11-14-2-4-16(5-3-14)23-6-8-27-9-7-23/h2-5,15H,6-12H2,1H3,(H,20,26). The van der Waals surface area contributed by atoms with Crippen LogP contribution >= 0.6 is 11.3 Å². The van der Waals surface area contributed by atoms with E-state index in [-0.39, 0.29) is 24.2 Å². The molecule has 28 heavy (non-hydrogen) atoms. The van der Waals surface area contributed by atoms with Crippen molar-refractivity contribution in [2.24, 2.45) is 5.92 Å². The molecule has 2 aliphatic rings. The maximum Gasteiger partial charge on any atom is 0.229 e. The molecule has 2 saturated heterocycles. The van der Waals surface area contributed by atoms with Crippen LogP contribution in [-0.4, -0.2) is 54.9 Å². The molecule has 148 valence electrons. The number of hydrogen-bond donors (Lipinski definition) is 1. The molecule has 0 saturated carbocycles.